The van der Waals surface area contributed by atoms with Crippen molar-refractivity contribution in [2.45, 2.75) is 44.4 Å². The summed E-state index contributed by atoms with van der Waals surface area (Å²) in [5.41, 5.74) is 1.92. The van der Waals surface area contributed by atoms with Crippen molar-refractivity contribution in [1.29, 1.82) is 0 Å². The van der Waals surface area contributed by atoms with Crippen LogP contribution in [0.1, 0.15) is 28.1 Å². The quantitative estimate of drug-likeness (QED) is 0.518. The number of methoxy groups -OCH3 is 1. The number of alkyl halides is 6. The number of pyridine rings is 1. The minimum atomic E-state index is -5.08. The number of aryl methyl sites for hydroxylation is 1. The van der Waals surface area contributed by atoms with Gasteiger partial charge in [0.25, 0.3) is 5.91 Å². The zero-order valence-corrected chi connectivity index (χ0v) is 21.3. The zero-order valence-electron chi connectivity index (χ0n) is 21.3. The summed E-state index contributed by atoms with van der Waals surface area (Å²) >= 11 is 0. The fourth-order valence-corrected chi connectivity index (χ4v) is 4.42. The molecule has 16 heteroatoms. The maximum atomic E-state index is 13.1. The molecule has 0 radical (unpaired) electrons. The Labute approximate surface area is 224 Å². The lowest BCUT2D eigenvalue weighted by Gasteiger charge is -2.41. The summed E-state index contributed by atoms with van der Waals surface area (Å²) in [6, 6.07) is 6.05. The molecule has 2 fully saturated rings. The molecule has 0 unspecified atom stereocenters. The molecule has 2 aromatic heterocycles. The monoisotopic (exact) mass is 583 g/mol. The van der Waals surface area contributed by atoms with Crippen molar-refractivity contribution in [3.05, 3.63) is 53.7 Å². The van der Waals surface area contributed by atoms with Crippen LogP contribution in [-0.2, 0) is 20.9 Å². The fraction of sp³-hybridized carbons (Fsp3) is 0.500. The second kappa shape index (κ2) is 13.6. The molecule has 2 saturated heterocycles. The first kappa shape index (κ1) is 32.6. The predicted molar refractivity (Wildman–Crippen MR) is 124 cm³/mol. The molecule has 4 rings (SSSR count). The topological polar surface area (TPSA) is 133 Å². The minimum absolute atomic E-state index is 0.0755. The summed E-state index contributed by atoms with van der Waals surface area (Å²) < 4.78 is 74.6. The number of rotatable bonds is 4. The second-order valence-electron chi connectivity index (χ2n) is 8.84. The Morgan fingerprint density at radius 3 is 2.02 bits per heavy atom. The summed E-state index contributed by atoms with van der Waals surface area (Å²) in [5.74, 6) is -4.41. The molecule has 10 nitrogen and oxygen atoms in total. The molecule has 222 valence electrons. The van der Waals surface area contributed by atoms with Crippen LogP contribution in [0.25, 0.3) is 0 Å². The lowest BCUT2D eigenvalue weighted by molar-refractivity contribution is -0.193. The average Bonchev–Trinajstić information content (AvgIpc) is 3.49. The summed E-state index contributed by atoms with van der Waals surface area (Å²) in [5, 5.41) is 14.2. The average molecular weight is 583 g/mol. The maximum absolute atomic E-state index is 13.1. The Kier molecular flexibility index (Phi) is 11.1. The standard InChI is InChI=1S/C20H25N3O3.2C2HF3O2/c1-14-16(6-10-26-14)20(24)23-9-5-19(25-2)17-12-22(13-18(17)23)11-15-3-7-21-8-4-15;2*3-2(4,5)1(6)7/h3-4,6-8,10,17-19H,5,9,11-13H2,1-2H3;2*(H,6,7)/t17-,18+,19-;;/m0../s1. The van der Waals surface area contributed by atoms with Gasteiger partial charge in [-0.05, 0) is 37.1 Å². The molecule has 0 saturated carbocycles. The van der Waals surface area contributed by atoms with Gasteiger partial charge in [0.05, 0.1) is 24.0 Å². The van der Waals surface area contributed by atoms with Crippen LogP contribution in [0.5, 0.6) is 0 Å². The molecule has 3 atom stereocenters. The van der Waals surface area contributed by atoms with Gasteiger partial charge >= 0.3 is 24.3 Å². The summed E-state index contributed by atoms with van der Waals surface area (Å²) in [6.07, 6.45) is -3.84. The first-order valence-corrected chi connectivity index (χ1v) is 11.7. The highest BCUT2D eigenvalue weighted by atomic mass is 19.4. The molecule has 2 aromatic rings. The van der Waals surface area contributed by atoms with Gasteiger partial charge in [0.1, 0.15) is 5.76 Å². The van der Waals surface area contributed by atoms with Crippen LogP contribution in [0.3, 0.4) is 0 Å². The summed E-state index contributed by atoms with van der Waals surface area (Å²) in [7, 11) is 1.78. The third kappa shape index (κ3) is 8.94. The Bertz CT molecular complexity index is 1120. The molecule has 4 heterocycles. The number of aromatic nitrogens is 1. The van der Waals surface area contributed by atoms with E-state index in [0.29, 0.717) is 17.2 Å². The highest BCUT2D eigenvalue weighted by molar-refractivity contribution is 5.95. The van der Waals surface area contributed by atoms with Crippen LogP contribution in [0, 0.1) is 12.8 Å². The molecule has 2 N–H and O–H groups in total. The molecular weight excluding hydrogens is 556 g/mol. The van der Waals surface area contributed by atoms with Gasteiger partial charge in [-0.2, -0.15) is 26.3 Å². The Morgan fingerprint density at radius 2 is 1.57 bits per heavy atom. The molecule has 40 heavy (non-hydrogen) atoms. The van der Waals surface area contributed by atoms with Gasteiger partial charge in [-0.15, -0.1) is 0 Å². The number of aliphatic carboxylic acids is 2. The van der Waals surface area contributed by atoms with Gasteiger partial charge in [-0.3, -0.25) is 14.7 Å². The van der Waals surface area contributed by atoms with Gasteiger partial charge in [0, 0.05) is 51.6 Å². The van der Waals surface area contributed by atoms with Gasteiger partial charge in [0.2, 0.25) is 0 Å². The van der Waals surface area contributed by atoms with Crippen LogP contribution < -0.4 is 0 Å². The van der Waals surface area contributed by atoms with E-state index in [1.165, 1.54) is 5.56 Å². The molecular formula is C24H27F6N3O7. The number of likely N-dealkylation sites (tertiary alicyclic amines) is 2. The normalized spacial score (nSPS) is 20.9. The maximum Gasteiger partial charge on any atom is 0.490 e. The molecule has 0 spiro atoms. The number of halogens is 6. The number of hydrogen-bond donors (Lipinski definition) is 2. The van der Waals surface area contributed by atoms with Crippen molar-refractivity contribution in [1.82, 2.24) is 14.8 Å². The molecule has 1 amide bonds. The summed E-state index contributed by atoms with van der Waals surface area (Å²) in [4.78, 5) is 39.4. The smallest absolute Gasteiger partial charge is 0.475 e. The van der Waals surface area contributed by atoms with Gasteiger partial charge in [0.15, 0.2) is 0 Å². The van der Waals surface area contributed by atoms with Gasteiger partial charge in [-0.1, -0.05) is 0 Å². The first-order chi connectivity index (χ1) is 18.6. The van der Waals surface area contributed by atoms with Gasteiger partial charge in [-0.25, -0.2) is 9.59 Å². The molecule has 0 aliphatic carbocycles. The van der Waals surface area contributed by atoms with E-state index in [1.807, 2.05) is 36.4 Å². The number of ether oxygens (including phenoxy) is 1. The van der Waals surface area contributed by atoms with Crippen molar-refractivity contribution >= 4 is 17.8 Å². The molecule has 0 bridgehead atoms. The fourth-order valence-electron chi connectivity index (χ4n) is 4.42. The number of carboxylic acids is 2. The van der Waals surface area contributed by atoms with E-state index in [4.69, 9.17) is 29.0 Å². The highest BCUT2D eigenvalue weighted by Gasteiger charge is 2.46. The van der Waals surface area contributed by atoms with Crippen molar-refractivity contribution in [3.63, 3.8) is 0 Å². The Hall–Kier alpha value is -3.66. The Morgan fingerprint density at radius 1 is 1.02 bits per heavy atom. The number of amides is 1. The third-order valence-corrected chi connectivity index (χ3v) is 6.23. The zero-order chi connectivity index (χ0) is 30.3. The lowest BCUT2D eigenvalue weighted by atomic mass is 9.88. The number of carbonyl (C=O) groups excluding carboxylic acids is 1. The van der Waals surface area contributed by atoms with Crippen LogP contribution in [0.2, 0.25) is 0 Å². The Balaban J connectivity index is 0.000000333. The second-order valence-corrected chi connectivity index (χ2v) is 8.84. The van der Waals surface area contributed by atoms with E-state index in [0.717, 1.165) is 32.6 Å². The van der Waals surface area contributed by atoms with E-state index in [2.05, 4.69) is 9.88 Å². The van der Waals surface area contributed by atoms with E-state index in [-0.39, 0.29) is 18.1 Å². The molecule has 0 aromatic carbocycles. The number of fused-ring (bicyclic) bond motifs is 1. The van der Waals surface area contributed by atoms with Crippen molar-refractivity contribution in [3.8, 4) is 0 Å². The predicted octanol–water partition coefficient (Wildman–Crippen LogP) is 3.61. The van der Waals surface area contributed by atoms with Crippen LogP contribution in [0.4, 0.5) is 26.3 Å². The van der Waals surface area contributed by atoms with E-state index < -0.39 is 24.3 Å². The van der Waals surface area contributed by atoms with Crippen molar-refractivity contribution < 1.29 is 60.1 Å². The van der Waals surface area contributed by atoms with Crippen molar-refractivity contribution in [2.75, 3.05) is 26.7 Å². The number of carbonyl (C=O) groups is 3. The van der Waals surface area contributed by atoms with Crippen LogP contribution in [-0.4, -0.2) is 94.1 Å². The minimum Gasteiger partial charge on any atom is -0.475 e. The number of hydrogen-bond acceptors (Lipinski definition) is 7. The largest absolute Gasteiger partial charge is 0.490 e. The number of nitrogens with zero attached hydrogens (tertiary/aromatic N) is 3. The number of piperidine rings is 1. The first-order valence-electron chi connectivity index (χ1n) is 11.7. The molecule has 2 aliphatic heterocycles. The van der Waals surface area contributed by atoms with Crippen molar-refractivity contribution in [2.24, 2.45) is 5.92 Å². The van der Waals surface area contributed by atoms with E-state index >= 15 is 0 Å². The van der Waals surface area contributed by atoms with E-state index in [9.17, 15) is 31.1 Å². The van der Waals surface area contributed by atoms with E-state index in [1.54, 1.807) is 19.4 Å². The number of furan rings is 1. The lowest BCUT2D eigenvalue weighted by Crippen LogP contribution is -2.53. The van der Waals surface area contributed by atoms with Gasteiger partial charge < -0.3 is 24.3 Å². The third-order valence-electron chi connectivity index (χ3n) is 6.23. The highest BCUT2D eigenvalue weighted by Crippen LogP contribution is 2.34. The SMILES string of the molecule is CO[C@H]1CCN(C(=O)c2ccoc2C)[C@@H]2CN(Cc3ccncc3)C[C@H]12.O=C(O)C(F)(F)F.O=C(O)C(F)(F)F. The molecule has 2 aliphatic rings. The number of carboxylic acid groups (broad SMARTS) is 2. The van der Waals surface area contributed by atoms with Crippen LogP contribution >= 0.6 is 0 Å². The van der Waals surface area contributed by atoms with Crippen LogP contribution in [0.15, 0.2) is 41.3 Å². The summed E-state index contributed by atoms with van der Waals surface area (Å²) in [6.45, 7) is 5.26.